The summed E-state index contributed by atoms with van der Waals surface area (Å²) in [4.78, 5) is 11.5. The van der Waals surface area contributed by atoms with Crippen molar-refractivity contribution < 1.29 is 4.42 Å². The minimum absolute atomic E-state index is 0.0613. The highest BCUT2D eigenvalue weighted by Crippen LogP contribution is 2.43. The lowest BCUT2D eigenvalue weighted by molar-refractivity contribution is 0.666. The molecule has 68 heavy (non-hydrogen) atoms. The zero-order valence-corrected chi connectivity index (χ0v) is 37.3. The second kappa shape index (κ2) is 15.1. The number of nitrogens with zero attached hydrogens (tertiary/aromatic N) is 4. The molecule has 5 heteroatoms. The Bertz CT molecular complexity index is 4260. The maximum atomic E-state index is 7.16. The molecule has 1 aliphatic heterocycles. The van der Waals surface area contributed by atoms with Crippen molar-refractivity contribution in [2.45, 2.75) is 13.3 Å². The number of furan rings is 1. The van der Waals surface area contributed by atoms with Gasteiger partial charge in [-0.15, -0.1) is 0 Å². The van der Waals surface area contributed by atoms with E-state index in [0.29, 0.717) is 5.84 Å². The van der Waals surface area contributed by atoms with Crippen LogP contribution in [0.1, 0.15) is 24.5 Å². The van der Waals surface area contributed by atoms with Crippen LogP contribution >= 0.6 is 0 Å². The molecule has 0 saturated heterocycles. The molecule has 4 heterocycles. The van der Waals surface area contributed by atoms with Crippen LogP contribution in [0, 0.1) is 5.92 Å². The van der Waals surface area contributed by atoms with Gasteiger partial charge in [-0.2, -0.15) is 0 Å². The lowest BCUT2D eigenvalue weighted by atomic mass is 9.92. The Morgan fingerprint density at radius 1 is 0.456 bits per heavy atom. The normalized spacial score (nSPS) is 16.9. The Balaban J connectivity index is 1.08. The summed E-state index contributed by atoms with van der Waals surface area (Å²) in [7, 11) is 0. The van der Waals surface area contributed by atoms with E-state index in [1.165, 1.54) is 48.7 Å². The van der Waals surface area contributed by atoms with Crippen molar-refractivity contribution in [3.8, 4) is 16.8 Å². The van der Waals surface area contributed by atoms with E-state index in [1.54, 1.807) is 0 Å². The van der Waals surface area contributed by atoms with Crippen LogP contribution in [0.4, 0.5) is 0 Å². The summed E-state index contributed by atoms with van der Waals surface area (Å²) >= 11 is 0. The molecule has 1 aliphatic rings. The first-order chi connectivity index (χ1) is 33.6. The number of benzene rings is 10. The Kier molecular flexibility index (Phi) is 8.56. The van der Waals surface area contributed by atoms with Gasteiger partial charge >= 0.3 is 0 Å². The van der Waals surface area contributed by atoms with E-state index in [9.17, 15) is 0 Å². The lowest BCUT2D eigenvalue weighted by Gasteiger charge is -2.20. The summed E-state index contributed by atoms with van der Waals surface area (Å²) in [6.07, 6.45) is 3.06. The smallest absolute Gasteiger partial charge is 0.162 e. The molecule has 0 fully saturated rings. The fraction of sp³-hybridized carbons (Fsp3) is 0.0476. The molecule has 0 aliphatic carbocycles. The zero-order chi connectivity index (χ0) is 44.9. The van der Waals surface area contributed by atoms with E-state index in [2.05, 4.69) is 234 Å². The third kappa shape index (κ3) is 5.89. The number of hydrogen-bond acceptors (Lipinski definition) is 3. The second-order valence-corrected chi connectivity index (χ2v) is 18.1. The van der Waals surface area contributed by atoms with E-state index in [1.807, 2.05) is 0 Å². The molecule has 10 aromatic carbocycles. The van der Waals surface area contributed by atoms with Crippen LogP contribution in [0.5, 0.6) is 0 Å². The van der Waals surface area contributed by atoms with Crippen LogP contribution in [0.2, 0.25) is 0 Å². The fourth-order valence-corrected chi connectivity index (χ4v) is 11.0. The first-order valence-electron chi connectivity index (χ1n) is 23.5. The van der Waals surface area contributed by atoms with Gasteiger partial charge < -0.3 is 8.98 Å². The van der Waals surface area contributed by atoms with E-state index < -0.39 is 0 Å². The Morgan fingerprint density at radius 3 is 1.90 bits per heavy atom. The van der Waals surface area contributed by atoms with Gasteiger partial charge in [-0.3, -0.25) is 4.57 Å². The molecule has 1 unspecified atom stereocenters. The van der Waals surface area contributed by atoms with E-state index >= 15 is 0 Å². The number of para-hydroxylation sites is 3. The molecule has 320 valence electrons. The summed E-state index contributed by atoms with van der Waals surface area (Å²) < 4.78 is 11.9. The van der Waals surface area contributed by atoms with Gasteiger partial charge in [0.1, 0.15) is 11.4 Å². The Hall–Kier alpha value is -8.80. The van der Waals surface area contributed by atoms with Crippen molar-refractivity contribution in [3.05, 3.63) is 230 Å². The van der Waals surface area contributed by atoms with Crippen LogP contribution in [-0.4, -0.2) is 20.7 Å². The van der Waals surface area contributed by atoms with Gasteiger partial charge in [0.25, 0.3) is 0 Å². The minimum Gasteiger partial charge on any atom is -0.454 e. The predicted octanol–water partition coefficient (Wildman–Crippen LogP) is 16.5. The zero-order valence-electron chi connectivity index (χ0n) is 37.3. The van der Waals surface area contributed by atoms with Crippen LogP contribution in [0.25, 0.3) is 110 Å². The van der Waals surface area contributed by atoms with Crippen molar-refractivity contribution in [2.75, 3.05) is 0 Å². The average molecular weight is 871 g/mol. The third-order valence-electron chi connectivity index (χ3n) is 14.1. The molecular weight excluding hydrogens is 829 g/mol. The minimum atomic E-state index is 0.0613. The van der Waals surface area contributed by atoms with Crippen molar-refractivity contribution in [1.82, 2.24) is 9.13 Å². The van der Waals surface area contributed by atoms with Crippen molar-refractivity contribution >= 4 is 104 Å². The molecule has 14 rings (SSSR count). The molecule has 0 spiro atoms. The van der Waals surface area contributed by atoms with Gasteiger partial charge in [0.15, 0.2) is 11.4 Å². The van der Waals surface area contributed by atoms with E-state index in [4.69, 9.17) is 14.4 Å². The van der Waals surface area contributed by atoms with Crippen LogP contribution in [-0.2, 0) is 0 Å². The Morgan fingerprint density at radius 2 is 1.10 bits per heavy atom. The fourth-order valence-electron chi connectivity index (χ4n) is 11.0. The quantitative estimate of drug-likeness (QED) is 0.170. The van der Waals surface area contributed by atoms with Crippen molar-refractivity contribution in [1.29, 1.82) is 0 Å². The third-order valence-corrected chi connectivity index (χ3v) is 14.1. The second-order valence-electron chi connectivity index (χ2n) is 18.1. The molecule has 5 nitrogen and oxygen atoms in total. The number of allylic oxidation sites excluding steroid dienone is 1. The standard InChI is InChI=1S/C63H42N4O/c1-39-30-35-58(66-53-27-12-9-24-47(53)48-25-10-13-28-54(48)66)64-63(65-60(39)45-22-15-21-42(36-45)40-16-3-2-4-17-40)51-33-34-55(62-59(51)50-26-11-14-29-57(50)68-62)67-56-38-44-20-6-5-19-43(44)37-52(56)49-32-31-41-18-7-8-23-46(41)61(49)67/h2-29,31-39H,30H2,1H3/b58-35-,64-63-,65-60+. The highest BCUT2D eigenvalue weighted by atomic mass is 16.3. The topological polar surface area (TPSA) is 47.7 Å². The highest BCUT2D eigenvalue weighted by molar-refractivity contribution is 6.26. The largest absolute Gasteiger partial charge is 0.454 e. The first-order valence-corrected chi connectivity index (χ1v) is 23.5. The molecule has 0 N–H and O–H groups in total. The van der Waals surface area contributed by atoms with Gasteiger partial charge in [-0.1, -0.05) is 171 Å². The monoisotopic (exact) mass is 870 g/mol. The molecule has 0 bridgehead atoms. The van der Waals surface area contributed by atoms with Gasteiger partial charge in [0.05, 0.1) is 33.5 Å². The van der Waals surface area contributed by atoms with E-state index in [0.717, 1.165) is 84.3 Å². The van der Waals surface area contributed by atoms with Crippen molar-refractivity contribution in [3.63, 3.8) is 0 Å². The number of hydrogen-bond donors (Lipinski definition) is 0. The van der Waals surface area contributed by atoms with E-state index in [-0.39, 0.29) is 5.92 Å². The molecule has 0 saturated carbocycles. The maximum Gasteiger partial charge on any atom is 0.162 e. The molecule has 0 amide bonds. The molecule has 0 radical (unpaired) electrons. The summed E-state index contributed by atoms with van der Waals surface area (Å²) in [5.74, 6) is 1.54. The lowest BCUT2D eigenvalue weighted by Crippen LogP contribution is -2.18. The Labute approximate surface area is 391 Å². The number of aromatic nitrogens is 2. The average Bonchev–Trinajstić information content (AvgIpc) is 4.05. The van der Waals surface area contributed by atoms with Gasteiger partial charge in [-0.25, -0.2) is 9.98 Å². The first kappa shape index (κ1) is 38.5. The summed E-state index contributed by atoms with van der Waals surface area (Å²) in [5, 5.41) is 11.5. The number of rotatable bonds is 5. The summed E-state index contributed by atoms with van der Waals surface area (Å²) in [6, 6.07) is 76.1. The van der Waals surface area contributed by atoms with Crippen LogP contribution in [0.3, 0.4) is 0 Å². The molecular formula is C63H42N4O. The SMILES string of the molecule is CC1C/C=C(n2c3ccccc3c3ccccc32)/N=C(c2ccc(-n3c4cc5ccccc5cc4c4ccc5ccccc5c43)c3oc4ccccc4c23)\N=C/1c1cccc(-c2ccccc2)c1. The summed E-state index contributed by atoms with van der Waals surface area (Å²) in [6.45, 7) is 2.29. The molecule has 1 atom stereocenters. The highest BCUT2D eigenvalue weighted by Gasteiger charge is 2.26. The van der Waals surface area contributed by atoms with Crippen molar-refractivity contribution in [2.24, 2.45) is 15.9 Å². The van der Waals surface area contributed by atoms with Gasteiger partial charge in [-0.05, 0) is 93.9 Å². The number of amidine groups is 1. The molecule has 13 aromatic rings. The maximum absolute atomic E-state index is 7.16. The predicted molar refractivity (Wildman–Crippen MR) is 286 cm³/mol. The van der Waals surface area contributed by atoms with Crippen LogP contribution < -0.4 is 0 Å². The number of aliphatic imine (C=N–C) groups is 2. The van der Waals surface area contributed by atoms with Gasteiger partial charge in [0.2, 0.25) is 0 Å². The molecule has 3 aromatic heterocycles. The van der Waals surface area contributed by atoms with Gasteiger partial charge in [0, 0.05) is 49.2 Å². The van der Waals surface area contributed by atoms with Crippen LogP contribution in [0.15, 0.2) is 233 Å². The number of fused-ring (bicyclic) bond motifs is 12. The summed E-state index contributed by atoms with van der Waals surface area (Å²) in [5.41, 5.74) is 12.3.